The molecule has 5 heteroatoms. The van der Waals surface area contributed by atoms with Gasteiger partial charge in [-0.1, -0.05) is 12.1 Å². The molecule has 1 aromatic heterocycles. The second-order valence-electron chi connectivity index (χ2n) is 5.80. The van der Waals surface area contributed by atoms with Gasteiger partial charge in [0.15, 0.2) is 0 Å². The van der Waals surface area contributed by atoms with Crippen molar-refractivity contribution < 1.29 is 4.79 Å². The monoisotopic (exact) mass is 286 g/mol. The Hall–Kier alpha value is -1.91. The molecule has 1 aliphatic carbocycles. The molecular formula is C16H22N4O. The Morgan fingerprint density at radius 2 is 2.19 bits per heavy atom. The van der Waals surface area contributed by atoms with Crippen LogP contribution in [-0.4, -0.2) is 38.9 Å². The Morgan fingerprint density at radius 3 is 2.86 bits per heavy atom. The van der Waals surface area contributed by atoms with Crippen LogP contribution in [0.5, 0.6) is 0 Å². The van der Waals surface area contributed by atoms with E-state index in [1.54, 1.807) is 0 Å². The first-order chi connectivity index (χ1) is 10.2. The number of aryl methyl sites for hydroxylation is 1. The Kier molecular flexibility index (Phi) is 3.90. The Bertz CT molecular complexity index is 645. The summed E-state index contributed by atoms with van der Waals surface area (Å²) >= 11 is 0. The van der Waals surface area contributed by atoms with Crippen LogP contribution in [0.15, 0.2) is 18.2 Å². The summed E-state index contributed by atoms with van der Waals surface area (Å²) in [5, 5.41) is 8.25. The molecule has 21 heavy (non-hydrogen) atoms. The van der Waals surface area contributed by atoms with Crippen molar-refractivity contribution in [1.29, 1.82) is 0 Å². The Balaban J connectivity index is 1.84. The van der Waals surface area contributed by atoms with Gasteiger partial charge in [0.25, 0.3) is 5.91 Å². The fourth-order valence-electron chi connectivity index (χ4n) is 2.68. The molecular weight excluding hydrogens is 264 g/mol. The molecule has 1 aliphatic rings. The van der Waals surface area contributed by atoms with Crippen molar-refractivity contribution in [1.82, 2.24) is 19.9 Å². The molecule has 1 saturated carbocycles. The van der Waals surface area contributed by atoms with Crippen molar-refractivity contribution in [2.45, 2.75) is 39.7 Å². The number of carbonyl (C=O) groups is 1. The molecule has 0 N–H and O–H groups in total. The molecule has 0 saturated heterocycles. The molecule has 5 nitrogen and oxygen atoms in total. The van der Waals surface area contributed by atoms with Crippen LogP contribution in [0.25, 0.3) is 11.0 Å². The zero-order valence-electron chi connectivity index (χ0n) is 12.7. The largest absolute Gasteiger partial charge is 0.338 e. The summed E-state index contributed by atoms with van der Waals surface area (Å²) in [5.74, 6) is 0.835. The van der Waals surface area contributed by atoms with Gasteiger partial charge in [0.05, 0.1) is 5.52 Å². The van der Waals surface area contributed by atoms with Gasteiger partial charge in [0, 0.05) is 25.2 Å². The van der Waals surface area contributed by atoms with Crippen LogP contribution in [0.3, 0.4) is 0 Å². The smallest absolute Gasteiger partial charge is 0.253 e. The maximum atomic E-state index is 12.7. The first-order valence-electron chi connectivity index (χ1n) is 7.85. The molecule has 0 unspecified atom stereocenters. The highest BCUT2D eigenvalue weighted by atomic mass is 16.2. The highest BCUT2D eigenvalue weighted by Crippen LogP contribution is 2.30. The van der Waals surface area contributed by atoms with Crippen LogP contribution in [0.4, 0.5) is 0 Å². The van der Waals surface area contributed by atoms with Gasteiger partial charge in [0.2, 0.25) is 0 Å². The van der Waals surface area contributed by atoms with Gasteiger partial charge in [0.1, 0.15) is 5.52 Å². The van der Waals surface area contributed by atoms with Crippen LogP contribution >= 0.6 is 0 Å². The third kappa shape index (κ3) is 2.91. The standard InChI is InChI=1S/C16H22N4O/c1-3-9-19(11-12-5-6-12)16(21)13-7-8-15-14(10-13)17-18-20(15)4-2/h7-8,10,12H,3-6,9,11H2,1-2H3. The highest BCUT2D eigenvalue weighted by molar-refractivity contribution is 5.97. The van der Waals surface area contributed by atoms with Gasteiger partial charge in [-0.2, -0.15) is 0 Å². The molecule has 0 bridgehead atoms. The number of carbonyl (C=O) groups excluding carboxylic acids is 1. The summed E-state index contributed by atoms with van der Waals surface area (Å²) in [6.45, 7) is 6.66. The van der Waals surface area contributed by atoms with Gasteiger partial charge < -0.3 is 4.90 Å². The van der Waals surface area contributed by atoms with Crippen LogP contribution in [0, 0.1) is 5.92 Å². The molecule has 0 spiro atoms. The number of amides is 1. The zero-order valence-corrected chi connectivity index (χ0v) is 12.7. The SMILES string of the molecule is CCCN(CC1CC1)C(=O)c1ccc2c(c1)nnn2CC. The summed E-state index contributed by atoms with van der Waals surface area (Å²) in [6, 6.07) is 5.72. The second kappa shape index (κ2) is 5.84. The van der Waals surface area contributed by atoms with E-state index in [-0.39, 0.29) is 5.91 Å². The molecule has 1 fully saturated rings. The fraction of sp³-hybridized carbons (Fsp3) is 0.562. The van der Waals surface area contributed by atoms with Crippen molar-refractivity contribution in [2.24, 2.45) is 5.92 Å². The molecule has 112 valence electrons. The summed E-state index contributed by atoms with van der Waals surface area (Å²) in [7, 11) is 0. The van der Waals surface area contributed by atoms with E-state index in [1.807, 2.05) is 34.7 Å². The zero-order chi connectivity index (χ0) is 14.8. The lowest BCUT2D eigenvalue weighted by molar-refractivity contribution is 0.0748. The topological polar surface area (TPSA) is 51.0 Å². The molecule has 0 atom stereocenters. The van der Waals surface area contributed by atoms with Crippen molar-refractivity contribution in [3.8, 4) is 0 Å². The predicted molar refractivity (Wildman–Crippen MR) is 82.1 cm³/mol. The summed E-state index contributed by atoms with van der Waals surface area (Å²) < 4.78 is 1.84. The van der Waals surface area contributed by atoms with Crippen molar-refractivity contribution in [2.75, 3.05) is 13.1 Å². The van der Waals surface area contributed by atoms with E-state index in [0.717, 1.165) is 42.7 Å². The Morgan fingerprint density at radius 1 is 1.38 bits per heavy atom. The molecule has 2 aromatic rings. The van der Waals surface area contributed by atoms with E-state index in [9.17, 15) is 4.79 Å². The summed E-state index contributed by atoms with van der Waals surface area (Å²) in [6.07, 6.45) is 3.52. The number of hydrogen-bond donors (Lipinski definition) is 0. The molecule has 1 heterocycles. The highest BCUT2D eigenvalue weighted by Gasteiger charge is 2.27. The van der Waals surface area contributed by atoms with Crippen molar-refractivity contribution in [3.05, 3.63) is 23.8 Å². The first-order valence-corrected chi connectivity index (χ1v) is 7.85. The number of nitrogens with zero attached hydrogens (tertiary/aromatic N) is 4. The minimum atomic E-state index is 0.122. The van der Waals surface area contributed by atoms with E-state index >= 15 is 0 Å². The lowest BCUT2D eigenvalue weighted by Gasteiger charge is -2.22. The minimum Gasteiger partial charge on any atom is -0.338 e. The molecule has 0 radical (unpaired) electrons. The fourth-order valence-corrected chi connectivity index (χ4v) is 2.68. The number of benzene rings is 1. The maximum absolute atomic E-state index is 12.7. The number of fused-ring (bicyclic) bond motifs is 1. The van der Waals surface area contributed by atoms with E-state index in [0.29, 0.717) is 5.92 Å². The minimum absolute atomic E-state index is 0.122. The third-order valence-corrected chi connectivity index (χ3v) is 4.02. The Labute approximate surface area is 124 Å². The molecule has 1 amide bonds. The van der Waals surface area contributed by atoms with Crippen LogP contribution in [0.1, 0.15) is 43.5 Å². The second-order valence-corrected chi connectivity index (χ2v) is 5.80. The van der Waals surface area contributed by atoms with Crippen molar-refractivity contribution >= 4 is 16.9 Å². The summed E-state index contributed by atoms with van der Waals surface area (Å²) in [4.78, 5) is 14.7. The van der Waals surface area contributed by atoms with Gasteiger partial charge in [-0.25, -0.2) is 4.68 Å². The van der Waals surface area contributed by atoms with E-state index in [2.05, 4.69) is 17.2 Å². The number of aromatic nitrogens is 3. The third-order valence-electron chi connectivity index (χ3n) is 4.02. The molecule has 3 rings (SSSR count). The van der Waals surface area contributed by atoms with E-state index in [4.69, 9.17) is 0 Å². The van der Waals surface area contributed by atoms with E-state index < -0.39 is 0 Å². The molecule has 0 aliphatic heterocycles. The van der Waals surface area contributed by atoms with Gasteiger partial charge in [-0.3, -0.25) is 4.79 Å². The van der Waals surface area contributed by atoms with Crippen LogP contribution < -0.4 is 0 Å². The number of rotatable bonds is 6. The number of hydrogen-bond acceptors (Lipinski definition) is 3. The molecule has 1 aromatic carbocycles. The van der Waals surface area contributed by atoms with Crippen LogP contribution in [0.2, 0.25) is 0 Å². The average molecular weight is 286 g/mol. The normalized spacial score (nSPS) is 14.6. The quantitative estimate of drug-likeness (QED) is 0.820. The van der Waals surface area contributed by atoms with E-state index in [1.165, 1.54) is 12.8 Å². The first kappa shape index (κ1) is 14.0. The average Bonchev–Trinajstić information content (AvgIpc) is 3.22. The lowest BCUT2D eigenvalue weighted by Crippen LogP contribution is -2.33. The predicted octanol–water partition coefficient (Wildman–Crippen LogP) is 2.71. The van der Waals surface area contributed by atoms with Crippen LogP contribution in [-0.2, 0) is 6.54 Å². The maximum Gasteiger partial charge on any atom is 0.253 e. The lowest BCUT2D eigenvalue weighted by atomic mass is 10.1. The summed E-state index contributed by atoms with van der Waals surface area (Å²) in [5.41, 5.74) is 2.50. The van der Waals surface area contributed by atoms with Gasteiger partial charge >= 0.3 is 0 Å². The van der Waals surface area contributed by atoms with Gasteiger partial charge in [-0.15, -0.1) is 5.10 Å². The van der Waals surface area contributed by atoms with Gasteiger partial charge in [-0.05, 0) is 50.3 Å². The van der Waals surface area contributed by atoms with Crippen molar-refractivity contribution in [3.63, 3.8) is 0 Å².